The molecule has 0 unspecified atom stereocenters. The van der Waals surface area contributed by atoms with Gasteiger partial charge in [0.15, 0.2) is 5.82 Å². The third-order valence-corrected chi connectivity index (χ3v) is 2.17. The highest BCUT2D eigenvalue weighted by Gasteiger charge is 2.05. The van der Waals surface area contributed by atoms with Crippen molar-refractivity contribution in [3.05, 3.63) is 42.0 Å². The summed E-state index contributed by atoms with van der Waals surface area (Å²) in [7, 11) is 1.84. The molecule has 0 spiro atoms. The lowest BCUT2D eigenvalue weighted by atomic mass is 10.3. The van der Waals surface area contributed by atoms with E-state index < -0.39 is 0 Å². The zero-order chi connectivity index (χ0) is 11.9. The van der Waals surface area contributed by atoms with Crippen LogP contribution in [-0.4, -0.2) is 23.8 Å². The van der Waals surface area contributed by atoms with Gasteiger partial charge in [-0.2, -0.15) is 4.98 Å². The predicted octanol–water partition coefficient (Wildman–Crippen LogP) is 1.41. The van der Waals surface area contributed by atoms with Crippen molar-refractivity contribution >= 4 is 0 Å². The summed E-state index contributed by atoms with van der Waals surface area (Å²) >= 11 is 0. The van der Waals surface area contributed by atoms with Crippen LogP contribution in [0.3, 0.4) is 0 Å². The second-order valence-electron chi connectivity index (χ2n) is 3.55. The van der Waals surface area contributed by atoms with Crippen LogP contribution < -0.4 is 10.1 Å². The molecule has 0 bridgehead atoms. The second kappa shape index (κ2) is 6.00. The Morgan fingerprint density at radius 3 is 2.88 bits per heavy atom. The smallest absolute Gasteiger partial charge is 0.230 e. The fraction of sp³-hybridized carbons (Fsp3) is 0.333. The lowest BCUT2D eigenvalue weighted by Gasteiger charge is -2.02. The Kier molecular flexibility index (Phi) is 4.10. The van der Waals surface area contributed by atoms with Crippen LogP contribution in [0, 0.1) is 0 Å². The van der Waals surface area contributed by atoms with Crippen LogP contribution in [0.1, 0.15) is 11.7 Å². The Bertz CT molecular complexity index is 442. The first-order valence-corrected chi connectivity index (χ1v) is 5.52. The highest BCUT2D eigenvalue weighted by Crippen LogP contribution is 2.08. The number of benzene rings is 1. The van der Waals surface area contributed by atoms with Crippen molar-refractivity contribution in [2.24, 2.45) is 0 Å². The first-order chi connectivity index (χ1) is 8.38. The Morgan fingerprint density at radius 2 is 2.12 bits per heavy atom. The van der Waals surface area contributed by atoms with Crippen molar-refractivity contribution < 1.29 is 9.26 Å². The minimum atomic E-state index is 0.533. The van der Waals surface area contributed by atoms with Crippen LogP contribution in [0.25, 0.3) is 0 Å². The molecule has 90 valence electrons. The van der Waals surface area contributed by atoms with Gasteiger partial charge in [0.05, 0.1) is 19.6 Å². The van der Waals surface area contributed by atoms with E-state index in [1.807, 2.05) is 37.4 Å². The van der Waals surface area contributed by atoms with Gasteiger partial charge in [0.2, 0.25) is 5.89 Å². The topological polar surface area (TPSA) is 60.2 Å². The standard InChI is InChI=1S/C12H15N3O2/c1-13-9-11-14-12(17-15-11)7-8-16-10-5-3-2-4-6-10/h2-6,13H,7-9H2,1H3. The maximum Gasteiger partial charge on any atom is 0.230 e. The monoisotopic (exact) mass is 233 g/mol. The van der Waals surface area contributed by atoms with Gasteiger partial charge in [-0.1, -0.05) is 23.4 Å². The highest BCUT2D eigenvalue weighted by atomic mass is 16.5. The van der Waals surface area contributed by atoms with E-state index in [1.165, 1.54) is 0 Å². The van der Waals surface area contributed by atoms with Gasteiger partial charge in [-0.05, 0) is 19.2 Å². The normalized spacial score (nSPS) is 10.4. The average Bonchev–Trinajstić information content (AvgIpc) is 2.79. The molecule has 0 aliphatic rings. The van der Waals surface area contributed by atoms with Gasteiger partial charge < -0.3 is 14.6 Å². The van der Waals surface area contributed by atoms with Gasteiger partial charge in [0.25, 0.3) is 0 Å². The molecule has 5 heteroatoms. The molecule has 0 saturated carbocycles. The Hall–Kier alpha value is -1.88. The number of aromatic nitrogens is 2. The number of rotatable bonds is 6. The first-order valence-electron chi connectivity index (χ1n) is 5.52. The van der Waals surface area contributed by atoms with Crippen LogP contribution in [0.5, 0.6) is 5.75 Å². The number of ether oxygens (including phenoxy) is 1. The minimum Gasteiger partial charge on any atom is -0.493 e. The van der Waals surface area contributed by atoms with Crippen molar-refractivity contribution in [2.45, 2.75) is 13.0 Å². The molecule has 1 aromatic heterocycles. The van der Waals surface area contributed by atoms with Gasteiger partial charge in [0, 0.05) is 0 Å². The summed E-state index contributed by atoms with van der Waals surface area (Å²) in [6.45, 7) is 1.15. The number of para-hydroxylation sites is 1. The quantitative estimate of drug-likeness (QED) is 0.817. The highest BCUT2D eigenvalue weighted by molar-refractivity contribution is 5.20. The average molecular weight is 233 g/mol. The number of nitrogens with one attached hydrogen (secondary N) is 1. The van der Waals surface area contributed by atoms with Crippen molar-refractivity contribution in [1.82, 2.24) is 15.5 Å². The molecular formula is C12H15N3O2. The summed E-state index contributed by atoms with van der Waals surface area (Å²) in [6.07, 6.45) is 0.617. The molecule has 2 rings (SSSR count). The zero-order valence-electron chi connectivity index (χ0n) is 9.72. The molecular weight excluding hydrogens is 218 g/mol. The summed E-state index contributed by atoms with van der Waals surface area (Å²) in [5.74, 6) is 2.12. The molecule has 0 fully saturated rings. The van der Waals surface area contributed by atoms with E-state index in [0.29, 0.717) is 31.3 Å². The van der Waals surface area contributed by atoms with Crippen LogP contribution in [0.4, 0.5) is 0 Å². The molecule has 0 aliphatic carbocycles. The van der Waals surface area contributed by atoms with Crippen LogP contribution >= 0.6 is 0 Å². The third-order valence-electron chi connectivity index (χ3n) is 2.17. The first kappa shape index (κ1) is 11.6. The third kappa shape index (κ3) is 3.57. The van der Waals surface area contributed by atoms with Gasteiger partial charge >= 0.3 is 0 Å². The van der Waals surface area contributed by atoms with Crippen molar-refractivity contribution in [3.63, 3.8) is 0 Å². The molecule has 2 aromatic rings. The predicted molar refractivity (Wildman–Crippen MR) is 62.7 cm³/mol. The second-order valence-corrected chi connectivity index (χ2v) is 3.55. The van der Waals surface area contributed by atoms with Gasteiger partial charge in [-0.15, -0.1) is 0 Å². The molecule has 0 radical (unpaired) electrons. The molecule has 5 nitrogen and oxygen atoms in total. The van der Waals surface area contributed by atoms with E-state index in [9.17, 15) is 0 Å². The van der Waals surface area contributed by atoms with E-state index in [0.717, 1.165) is 5.75 Å². The molecule has 0 saturated heterocycles. The maximum absolute atomic E-state index is 5.54. The number of hydrogen-bond donors (Lipinski definition) is 1. The van der Waals surface area contributed by atoms with Crippen molar-refractivity contribution in [3.8, 4) is 5.75 Å². The van der Waals surface area contributed by atoms with E-state index in [2.05, 4.69) is 15.5 Å². The molecule has 0 atom stereocenters. The minimum absolute atomic E-state index is 0.533. The van der Waals surface area contributed by atoms with E-state index in [1.54, 1.807) is 0 Å². The molecule has 0 amide bonds. The fourth-order valence-corrected chi connectivity index (χ4v) is 1.39. The summed E-state index contributed by atoms with van der Waals surface area (Å²) in [6, 6.07) is 9.66. The molecule has 1 heterocycles. The Morgan fingerprint density at radius 1 is 1.29 bits per heavy atom. The summed E-state index contributed by atoms with van der Waals surface area (Å²) < 4.78 is 10.6. The largest absolute Gasteiger partial charge is 0.493 e. The molecule has 0 aliphatic heterocycles. The summed E-state index contributed by atoms with van der Waals surface area (Å²) in [5.41, 5.74) is 0. The number of hydrogen-bond acceptors (Lipinski definition) is 5. The zero-order valence-corrected chi connectivity index (χ0v) is 9.72. The maximum atomic E-state index is 5.54. The SMILES string of the molecule is CNCc1noc(CCOc2ccccc2)n1. The Balaban J connectivity index is 1.78. The van der Waals surface area contributed by atoms with E-state index >= 15 is 0 Å². The van der Waals surface area contributed by atoms with Crippen LogP contribution in [0.2, 0.25) is 0 Å². The van der Waals surface area contributed by atoms with Gasteiger partial charge in [-0.3, -0.25) is 0 Å². The van der Waals surface area contributed by atoms with Crippen molar-refractivity contribution in [1.29, 1.82) is 0 Å². The summed E-state index contributed by atoms with van der Waals surface area (Å²) in [4.78, 5) is 4.21. The lowest BCUT2D eigenvalue weighted by molar-refractivity contribution is 0.292. The van der Waals surface area contributed by atoms with Crippen molar-refractivity contribution in [2.75, 3.05) is 13.7 Å². The lowest BCUT2D eigenvalue weighted by Crippen LogP contribution is -2.07. The van der Waals surface area contributed by atoms with E-state index in [4.69, 9.17) is 9.26 Å². The number of nitrogens with zero attached hydrogens (tertiary/aromatic N) is 2. The van der Waals surface area contributed by atoms with Gasteiger partial charge in [0.1, 0.15) is 5.75 Å². The van der Waals surface area contributed by atoms with Crippen LogP contribution in [0.15, 0.2) is 34.9 Å². The van der Waals surface area contributed by atoms with Crippen LogP contribution in [-0.2, 0) is 13.0 Å². The Labute approximate surface area is 99.8 Å². The van der Waals surface area contributed by atoms with Gasteiger partial charge in [-0.25, -0.2) is 0 Å². The summed E-state index contributed by atoms with van der Waals surface area (Å²) in [5, 5.41) is 6.79. The molecule has 1 N–H and O–H groups in total. The molecule has 17 heavy (non-hydrogen) atoms. The van der Waals surface area contributed by atoms with E-state index in [-0.39, 0.29) is 0 Å². The molecule has 1 aromatic carbocycles. The fourth-order valence-electron chi connectivity index (χ4n) is 1.39.